The van der Waals surface area contributed by atoms with E-state index in [0.717, 1.165) is 23.3 Å². The number of hydrogen-bond acceptors (Lipinski definition) is 4. The van der Waals surface area contributed by atoms with Gasteiger partial charge in [0.1, 0.15) is 15.7 Å². The Morgan fingerprint density at radius 3 is 2.53 bits per heavy atom. The summed E-state index contributed by atoms with van der Waals surface area (Å²) in [5.41, 5.74) is 0.0467. The molecule has 102 valence electrons. The van der Waals surface area contributed by atoms with Gasteiger partial charge in [0.2, 0.25) is 0 Å². The molecule has 5 nitrogen and oxygen atoms in total. The van der Waals surface area contributed by atoms with Crippen LogP contribution in [0, 0.1) is 5.82 Å². The molecule has 0 unspecified atom stereocenters. The number of nitrogens with zero attached hydrogens (tertiary/aromatic N) is 1. The van der Waals surface area contributed by atoms with E-state index in [9.17, 15) is 22.4 Å². The van der Waals surface area contributed by atoms with Gasteiger partial charge < -0.3 is 4.90 Å². The van der Waals surface area contributed by atoms with Crippen LogP contribution in [-0.4, -0.2) is 38.7 Å². The van der Waals surface area contributed by atoms with Crippen LogP contribution in [0.2, 0.25) is 5.02 Å². The van der Waals surface area contributed by atoms with Crippen LogP contribution in [0.4, 0.5) is 10.1 Å². The Kier molecular flexibility index (Phi) is 3.36. The number of ketones is 1. The molecular weight excluding hydrogens is 297 g/mol. The van der Waals surface area contributed by atoms with E-state index in [2.05, 4.69) is 0 Å². The monoisotopic (exact) mass is 305 g/mol. The summed E-state index contributed by atoms with van der Waals surface area (Å²) >= 11 is 5.55. The van der Waals surface area contributed by atoms with Crippen LogP contribution in [-0.2, 0) is 14.6 Å². The molecule has 1 aliphatic rings. The van der Waals surface area contributed by atoms with E-state index >= 15 is 0 Å². The SMILES string of the molecule is CS(=O)(=O)CCN1C(=O)C(=O)c2cc(Cl)c(F)cc21. The van der Waals surface area contributed by atoms with Crippen molar-refractivity contribution in [2.45, 2.75) is 0 Å². The summed E-state index contributed by atoms with van der Waals surface area (Å²) in [5, 5.41) is -0.259. The van der Waals surface area contributed by atoms with E-state index in [1.54, 1.807) is 0 Å². The molecule has 0 atom stereocenters. The van der Waals surface area contributed by atoms with Crippen LogP contribution in [0.15, 0.2) is 12.1 Å². The topological polar surface area (TPSA) is 71.5 Å². The number of Topliss-reactive ketones (excluding diaryl/α,β-unsaturated/α-hetero) is 1. The van der Waals surface area contributed by atoms with Crippen molar-refractivity contribution in [1.29, 1.82) is 0 Å². The van der Waals surface area contributed by atoms with Crippen LogP contribution < -0.4 is 4.90 Å². The minimum absolute atomic E-state index is 0.00935. The van der Waals surface area contributed by atoms with Crippen LogP contribution in [0.5, 0.6) is 0 Å². The van der Waals surface area contributed by atoms with Gasteiger partial charge in [0.25, 0.3) is 11.7 Å². The first-order chi connectivity index (χ1) is 8.70. The van der Waals surface area contributed by atoms with Crippen molar-refractivity contribution in [3.63, 3.8) is 0 Å². The Morgan fingerprint density at radius 2 is 1.95 bits per heavy atom. The minimum Gasteiger partial charge on any atom is -0.304 e. The summed E-state index contributed by atoms with van der Waals surface area (Å²) < 4.78 is 35.6. The van der Waals surface area contributed by atoms with E-state index < -0.39 is 27.3 Å². The third-order valence-corrected chi connectivity index (χ3v) is 3.91. The number of carbonyl (C=O) groups is 2. The maximum absolute atomic E-state index is 13.4. The number of amides is 1. The first kappa shape index (κ1) is 14.0. The highest BCUT2D eigenvalue weighted by molar-refractivity contribution is 7.90. The number of sulfone groups is 1. The van der Waals surface area contributed by atoms with Crippen molar-refractivity contribution in [3.8, 4) is 0 Å². The third kappa shape index (κ3) is 2.62. The molecule has 8 heteroatoms. The zero-order valence-electron chi connectivity index (χ0n) is 9.81. The highest BCUT2D eigenvalue weighted by Crippen LogP contribution is 2.32. The summed E-state index contributed by atoms with van der Waals surface area (Å²) in [4.78, 5) is 24.3. The Morgan fingerprint density at radius 1 is 1.32 bits per heavy atom. The molecule has 0 fully saturated rings. The molecule has 0 N–H and O–H groups in total. The van der Waals surface area contributed by atoms with Gasteiger partial charge in [-0.25, -0.2) is 12.8 Å². The lowest BCUT2D eigenvalue weighted by atomic mass is 10.1. The lowest BCUT2D eigenvalue weighted by Gasteiger charge is -2.15. The summed E-state index contributed by atoms with van der Waals surface area (Å²) in [6, 6.07) is 2.04. The average molecular weight is 306 g/mol. The van der Waals surface area contributed by atoms with Crippen molar-refractivity contribution in [1.82, 2.24) is 0 Å². The molecular formula is C11H9ClFNO4S. The van der Waals surface area contributed by atoms with Crippen molar-refractivity contribution in [2.75, 3.05) is 23.5 Å². The van der Waals surface area contributed by atoms with Gasteiger partial charge in [0.15, 0.2) is 0 Å². The van der Waals surface area contributed by atoms with Gasteiger partial charge in [0.05, 0.1) is 22.0 Å². The third-order valence-electron chi connectivity index (χ3n) is 2.70. The second kappa shape index (κ2) is 4.57. The zero-order chi connectivity index (χ0) is 14.4. The molecule has 0 spiro atoms. The number of anilines is 1. The normalized spacial score (nSPS) is 15.0. The van der Waals surface area contributed by atoms with E-state index in [1.165, 1.54) is 0 Å². The Balaban J connectivity index is 2.41. The predicted octanol–water partition coefficient (Wildman–Crippen LogP) is 1.05. The van der Waals surface area contributed by atoms with Gasteiger partial charge in [-0.1, -0.05) is 11.6 Å². The molecule has 2 rings (SSSR count). The van der Waals surface area contributed by atoms with Gasteiger partial charge in [-0.3, -0.25) is 9.59 Å². The highest BCUT2D eigenvalue weighted by atomic mass is 35.5. The molecule has 0 radical (unpaired) electrons. The van der Waals surface area contributed by atoms with Crippen LogP contribution in [0.1, 0.15) is 10.4 Å². The van der Waals surface area contributed by atoms with Crippen molar-refractivity contribution in [3.05, 3.63) is 28.5 Å². The molecule has 1 heterocycles. The Labute approximate surface area is 113 Å². The van der Waals surface area contributed by atoms with Gasteiger partial charge in [-0.05, 0) is 12.1 Å². The first-order valence-corrected chi connectivity index (χ1v) is 7.67. The van der Waals surface area contributed by atoms with Crippen molar-refractivity contribution >= 4 is 38.8 Å². The molecule has 1 aliphatic heterocycles. The molecule has 1 aromatic carbocycles. The largest absolute Gasteiger partial charge is 0.304 e. The maximum atomic E-state index is 13.4. The van der Waals surface area contributed by atoms with Crippen LogP contribution >= 0.6 is 11.6 Å². The molecule has 0 saturated carbocycles. The van der Waals surface area contributed by atoms with Gasteiger partial charge in [0, 0.05) is 12.8 Å². The molecule has 1 amide bonds. The second-order valence-electron chi connectivity index (χ2n) is 4.20. The van der Waals surface area contributed by atoms with E-state index in [1.807, 2.05) is 0 Å². The number of fused-ring (bicyclic) bond motifs is 1. The van der Waals surface area contributed by atoms with Gasteiger partial charge in [-0.2, -0.15) is 0 Å². The fourth-order valence-electron chi connectivity index (χ4n) is 1.77. The quantitative estimate of drug-likeness (QED) is 0.783. The molecule has 0 aromatic heterocycles. The summed E-state index contributed by atoms with van der Waals surface area (Å²) in [7, 11) is -3.30. The summed E-state index contributed by atoms with van der Waals surface area (Å²) in [5.74, 6) is -2.77. The van der Waals surface area contributed by atoms with E-state index in [4.69, 9.17) is 11.6 Å². The maximum Gasteiger partial charge on any atom is 0.299 e. The standard InChI is InChI=1S/C11H9ClFNO4S/c1-19(17,18)3-2-14-9-5-8(13)7(12)4-6(9)10(15)11(14)16/h4-5H,2-3H2,1H3. The van der Waals surface area contributed by atoms with Crippen LogP contribution in [0.25, 0.3) is 0 Å². The molecule has 0 aliphatic carbocycles. The Bertz CT molecular complexity index is 686. The van der Waals surface area contributed by atoms with Crippen molar-refractivity contribution in [2.24, 2.45) is 0 Å². The number of halogens is 2. The first-order valence-electron chi connectivity index (χ1n) is 5.23. The smallest absolute Gasteiger partial charge is 0.299 e. The van der Waals surface area contributed by atoms with Gasteiger partial charge in [-0.15, -0.1) is 0 Å². The van der Waals surface area contributed by atoms with Crippen LogP contribution in [0.3, 0.4) is 0 Å². The molecule has 19 heavy (non-hydrogen) atoms. The summed E-state index contributed by atoms with van der Waals surface area (Å²) in [6.07, 6.45) is 1.01. The van der Waals surface area contributed by atoms with E-state index in [0.29, 0.717) is 0 Å². The van der Waals surface area contributed by atoms with Crippen molar-refractivity contribution < 1.29 is 22.4 Å². The molecule has 0 saturated heterocycles. The zero-order valence-corrected chi connectivity index (χ0v) is 11.4. The lowest BCUT2D eigenvalue weighted by Crippen LogP contribution is -2.33. The number of carbonyl (C=O) groups excluding carboxylic acids is 2. The summed E-state index contributed by atoms with van der Waals surface area (Å²) in [6.45, 7) is -0.197. The highest BCUT2D eigenvalue weighted by Gasteiger charge is 2.36. The number of hydrogen-bond donors (Lipinski definition) is 0. The lowest BCUT2D eigenvalue weighted by molar-refractivity contribution is -0.114. The number of benzene rings is 1. The fraction of sp³-hybridized carbons (Fsp3) is 0.273. The molecule has 0 bridgehead atoms. The minimum atomic E-state index is -3.30. The predicted molar refractivity (Wildman–Crippen MR) is 67.8 cm³/mol. The second-order valence-corrected chi connectivity index (χ2v) is 6.87. The van der Waals surface area contributed by atoms with Gasteiger partial charge >= 0.3 is 0 Å². The average Bonchev–Trinajstić information content (AvgIpc) is 2.51. The number of rotatable bonds is 3. The fourth-order valence-corrected chi connectivity index (χ4v) is 2.45. The van der Waals surface area contributed by atoms with E-state index in [-0.39, 0.29) is 28.6 Å². The molecule has 1 aromatic rings. The Hall–Kier alpha value is -1.47.